The lowest BCUT2D eigenvalue weighted by Crippen LogP contribution is -2.38. The van der Waals surface area contributed by atoms with E-state index in [0.717, 1.165) is 5.56 Å². The molecule has 0 radical (unpaired) electrons. The van der Waals surface area contributed by atoms with E-state index in [1.165, 1.54) is 10.6 Å². The molecular weight excluding hydrogens is 332 g/mol. The van der Waals surface area contributed by atoms with Crippen LogP contribution in [0.15, 0.2) is 41.3 Å². The minimum absolute atomic E-state index is 0.00809. The van der Waals surface area contributed by atoms with E-state index in [0.29, 0.717) is 10.8 Å². The van der Waals surface area contributed by atoms with Crippen LogP contribution in [0, 0.1) is 6.92 Å². The molecule has 0 aliphatic rings. The predicted molar refractivity (Wildman–Crippen MR) is 91.7 cm³/mol. The molecule has 0 bridgehead atoms. The first-order valence-corrected chi connectivity index (χ1v) is 7.77. The van der Waals surface area contributed by atoms with Crippen molar-refractivity contribution in [2.45, 2.75) is 13.0 Å². The van der Waals surface area contributed by atoms with Gasteiger partial charge < -0.3 is 19.7 Å². The Balaban J connectivity index is 1.85. The molecule has 2 rings (SSSR count). The fourth-order valence-electron chi connectivity index (χ4n) is 2.03. The number of ether oxygens (including phenoxy) is 1. The van der Waals surface area contributed by atoms with Gasteiger partial charge in [-0.2, -0.15) is 0 Å². The van der Waals surface area contributed by atoms with Gasteiger partial charge in [0.1, 0.15) is 24.0 Å². The highest BCUT2D eigenvalue weighted by molar-refractivity contribution is 6.31. The van der Waals surface area contributed by atoms with Crippen LogP contribution in [0.2, 0.25) is 5.02 Å². The Kier molecular flexibility index (Phi) is 6.00. The molecule has 1 aromatic carbocycles. The van der Waals surface area contributed by atoms with Crippen LogP contribution < -0.4 is 15.6 Å². The molecule has 1 unspecified atom stereocenters. The molecule has 2 aromatic rings. The molecule has 0 fully saturated rings. The summed E-state index contributed by atoms with van der Waals surface area (Å²) in [5.74, 6) is 0.0526. The van der Waals surface area contributed by atoms with Crippen LogP contribution >= 0.6 is 11.6 Å². The van der Waals surface area contributed by atoms with Gasteiger partial charge in [-0.1, -0.05) is 11.6 Å². The van der Waals surface area contributed by atoms with E-state index in [-0.39, 0.29) is 18.7 Å². The number of carbonyl (C=O) groups is 1. The lowest BCUT2D eigenvalue weighted by atomic mass is 10.2. The smallest absolute Gasteiger partial charge is 0.263 e. The maximum absolute atomic E-state index is 12.0. The summed E-state index contributed by atoms with van der Waals surface area (Å²) in [6, 6.07) is 8.23. The Morgan fingerprint density at radius 1 is 1.42 bits per heavy atom. The molecule has 0 aliphatic heterocycles. The first kappa shape index (κ1) is 18.0. The number of aliphatic hydroxyl groups is 1. The number of amides is 1. The maximum Gasteiger partial charge on any atom is 0.263 e. The number of hydrogen-bond acceptors (Lipinski definition) is 4. The van der Waals surface area contributed by atoms with Gasteiger partial charge in [-0.3, -0.25) is 9.59 Å². The molecule has 0 aliphatic carbocycles. The van der Waals surface area contributed by atoms with E-state index >= 15 is 0 Å². The molecule has 2 N–H and O–H groups in total. The number of hydrogen-bond donors (Lipinski definition) is 2. The summed E-state index contributed by atoms with van der Waals surface area (Å²) in [5.41, 5.74) is 0.510. The molecule has 7 heteroatoms. The third kappa shape index (κ3) is 4.59. The first-order chi connectivity index (χ1) is 11.4. The van der Waals surface area contributed by atoms with Gasteiger partial charge in [-0.15, -0.1) is 0 Å². The molecule has 0 saturated carbocycles. The van der Waals surface area contributed by atoms with Crippen molar-refractivity contribution in [3.63, 3.8) is 0 Å². The number of aryl methyl sites for hydroxylation is 2. The molecule has 0 saturated heterocycles. The second kappa shape index (κ2) is 7.99. The summed E-state index contributed by atoms with van der Waals surface area (Å²) >= 11 is 5.93. The van der Waals surface area contributed by atoms with Crippen molar-refractivity contribution in [2.75, 3.05) is 13.2 Å². The topological polar surface area (TPSA) is 80.6 Å². The number of benzene rings is 1. The van der Waals surface area contributed by atoms with Crippen LogP contribution in [0.4, 0.5) is 0 Å². The van der Waals surface area contributed by atoms with Gasteiger partial charge in [0.05, 0.1) is 0 Å². The third-order valence-corrected chi connectivity index (χ3v) is 3.86. The molecule has 24 heavy (non-hydrogen) atoms. The molecular formula is C17H19ClN2O4. The van der Waals surface area contributed by atoms with Crippen molar-refractivity contribution in [1.29, 1.82) is 0 Å². The number of nitrogens with one attached hydrogen (secondary N) is 1. The van der Waals surface area contributed by atoms with Crippen molar-refractivity contribution < 1.29 is 14.6 Å². The second-order valence-electron chi connectivity index (χ2n) is 5.42. The Morgan fingerprint density at radius 3 is 2.88 bits per heavy atom. The predicted octanol–water partition coefficient (Wildman–Crippen LogP) is 1.52. The zero-order valence-corrected chi connectivity index (χ0v) is 14.2. The Hall–Kier alpha value is -2.31. The molecule has 1 atom stereocenters. The first-order valence-electron chi connectivity index (χ1n) is 7.39. The minimum Gasteiger partial charge on any atom is -0.491 e. The van der Waals surface area contributed by atoms with Gasteiger partial charge in [0.15, 0.2) is 0 Å². The van der Waals surface area contributed by atoms with Crippen LogP contribution in [0.25, 0.3) is 0 Å². The van der Waals surface area contributed by atoms with Crippen LogP contribution in [0.3, 0.4) is 0 Å². The number of pyridine rings is 1. The number of aromatic nitrogens is 1. The van der Waals surface area contributed by atoms with Crippen molar-refractivity contribution in [3.05, 3.63) is 63.0 Å². The van der Waals surface area contributed by atoms with Crippen molar-refractivity contribution in [1.82, 2.24) is 9.88 Å². The number of nitrogens with zero attached hydrogens (tertiary/aromatic N) is 1. The average molecular weight is 351 g/mol. The van der Waals surface area contributed by atoms with Gasteiger partial charge in [-0.25, -0.2) is 0 Å². The van der Waals surface area contributed by atoms with Crippen molar-refractivity contribution in [3.8, 4) is 5.75 Å². The summed E-state index contributed by atoms with van der Waals surface area (Å²) in [6.07, 6.45) is 0.660. The highest BCUT2D eigenvalue weighted by atomic mass is 35.5. The fraction of sp³-hybridized carbons (Fsp3) is 0.294. The van der Waals surface area contributed by atoms with E-state index in [1.807, 2.05) is 6.92 Å². The summed E-state index contributed by atoms with van der Waals surface area (Å²) < 4.78 is 6.78. The van der Waals surface area contributed by atoms with Gasteiger partial charge in [-0.05, 0) is 42.8 Å². The van der Waals surface area contributed by atoms with E-state index in [1.54, 1.807) is 37.5 Å². The summed E-state index contributed by atoms with van der Waals surface area (Å²) in [4.78, 5) is 23.8. The lowest BCUT2D eigenvalue weighted by molar-refractivity contribution is 0.0842. The van der Waals surface area contributed by atoms with E-state index in [9.17, 15) is 14.7 Å². The van der Waals surface area contributed by atoms with Gasteiger partial charge in [0.25, 0.3) is 11.5 Å². The summed E-state index contributed by atoms with van der Waals surface area (Å²) in [6.45, 7) is 1.84. The average Bonchev–Trinajstić information content (AvgIpc) is 2.56. The largest absolute Gasteiger partial charge is 0.491 e. The number of rotatable bonds is 6. The van der Waals surface area contributed by atoms with E-state index < -0.39 is 17.6 Å². The minimum atomic E-state index is -0.905. The van der Waals surface area contributed by atoms with Crippen molar-refractivity contribution in [2.24, 2.45) is 7.05 Å². The monoisotopic (exact) mass is 350 g/mol. The molecule has 1 amide bonds. The van der Waals surface area contributed by atoms with Gasteiger partial charge in [0.2, 0.25) is 0 Å². The SMILES string of the molecule is Cc1cc(OCC(O)CNC(=O)c2cccn(C)c2=O)ccc1Cl. The quantitative estimate of drug-likeness (QED) is 0.827. The Bertz CT molecular complexity index is 788. The molecule has 1 aromatic heterocycles. The molecule has 1 heterocycles. The van der Waals surface area contributed by atoms with E-state index in [4.69, 9.17) is 16.3 Å². The zero-order chi connectivity index (χ0) is 17.7. The number of carbonyl (C=O) groups excluding carboxylic acids is 1. The molecule has 0 spiro atoms. The fourth-order valence-corrected chi connectivity index (χ4v) is 2.15. The van der Waals surface area contributed by atoms with Crippen LogP contribution in [0.5, 0.6) is 5.75 Å². The van der Waals surface area contributed by atoms with Gasteiger partial charge in [0, 0.05) is 24.8 Å². The summed E-state index contributed by atoms with van der Waals surface area (Å²) in [5, 5.41) is 13.1. The Labute approximate surface area is 144 Å². The van der Waals surface area contributed by atoms with Gasteiger partial charge >= 0.3 is 0 Å². The van der Waals surface area contributed by atoms with Crippen LogP contribution in [0.1, 0.15) is 15.9 Å². The third-order valence-electron chi connectivity index (χ3n) is 3.44. The van der Waals surface area contributed by atoms with Crippen LogP contribution in [-0.4, -0.2) is 34.8 Å². The molecule has 6 nitrogen and oxygen atoms in total. The van der Waals surface area contributed by atoms with Crippen LogP contribution in [-0.2, 0) is 7.05 Å². The number of aliphatic hydroxyl groups excluding tert-OH is 1. The highest BCUT2D eigenvalue weighted by Gasteiger charge is 2.13. The molecule has 128 valence electrons. The highest BCUT2D eigenvalue weighted by Crippen LogP contribution is 2.21. The summed E-state index contributed by atoms with van der Waals surface area (Å²) in [7, 11) is 1.57. The zero-order valence-electron chi connectivity index (χ0n) is 13.5. The standard InChI is InChI=1S/C17H19ClN2O4/c1-11-8-13(5-6-15(11)18)24-10-12(21)9-19-16(22)14-4-3-7-20(2)17(14)23/h3-8,12,21H,9-10H2,1-2H3,(H,19,22). The number of halogens is 1. The van der Waals surface area contributed by atoms with E-state index in [2.05, 4.69) is 5.32 Å². The normalized spacial score (nSPS) is 11.8. The Morgan fingerprint density at radius 2 is 2.17 bits per heavy atom. The maximum atomic E-state index is 12.0. The second-order valence-corrected chi connectivity index (χ2v) is 5.83. The van der Waals surface area contributed by atoms with Crippen molar-refractivity contribution >= 4 is 17.5 Å². The lowest BCUT2D eigenvalue weighted by Gasteiger charge is -2.14.